The van der Waals surface area contributed by atoms with E-state index in [1.165, 1.54) is 36.4 Å². The lowest BCUT2D eigenvalue weighted by Gasteiger charge is -2.25. The summed E-state index contributed by atoms with van der Waals surface area (Å²) in [6, 6.07) is 7.17. The molecule has 4 atom stereocenters. The van der Waals surface area contributed by atoms with Crippen molar-refractivity contribution in [3.05, 3.63) is 59.7 Å². The Bertz CT molecular complexity index is 1280. The molecule has 15 nitrogen and oxygen atoms in total. The Balaban J connectivity index is 2.27. The fourth-order valence-electron chi connectivity index (χ4n) is 4.38. The molecule has 2 aromatic carbocycles. The molecule has 45 heavy (non-hydrogen) atoms. The van der Waals surface area contributed by atoms with Crippen molar-refractivity contribution in [1.29, 1.82) is 0 Å². The molecule has 0 fully saturated rings. The Morgan fingerprint density at radius 2 is 1.18 bits per heavy atom. The number of amides is 3. The van der Waals surface area contributed by atoms with Crippen molar-refractivity contribution in [1.82, 2.24) is 16.0 Å². The molecule has 0 aliphatic rings. The molecular formula is C30H44N8O7. The number of carboxylic acid groups (broad SMARTS) is 1. The van der Waals surface area contributed by atoms with E-state index in [0.29, 0.717) is 43.4 Å². The number of phenolic OH excluding ortho intramolecular Hbond substituents is 2. The van der Waals surface area contributed by atoms with Crippen molar-refractivity contribution in [3.63, 3.8) is 0 Å². The average Bonchev–Trinajstić information content (AvgIpc) is 2.99. The summed E-state index contributed by atoms with van der Waals surface area (Å²) in [6.45, 7) is 0.631. The molecule has 0 saturated carbocycles. The van der Waals surface area contributed by atoms with Crippen LogP contribution in [-0.2, 0) is 32.0 Å². The first-order chi connectivity index (χ1) is 21.4. The number of aliphatic carboxylic acids is 1. The van der Waals surface area contributed by atoms with E-state index in [9.17, 15) is 34.5 Å². The smallest absolute Gasteiger partial charge is 0.326 e. The number of benzene rings is 2. The Labute approximate surface area is 261 Å². The Kier molecular flexibility index (Phi) is 15.1. The van der Waals surface area contributed by atoms with Crippen LogP contribution in [0.2, 0.25) is 0 Å². The lowest BCUT2D eigenvalue weighted by molar-refractivity contribution is -0.142. The molecule has 14 N–H and O–H groups in total. The van der Waals surface area contributed by atoms with Crippen LogP contribution in [0.1, 0.15) is 43.2 Å². The zero-order valence-corrected chi connectivity index (χ0v) is 25.0. The van der Waals surface area contributed by atoms with E-state index in [1.807, 2.05) is 0 Å². The Hall–Kier alpha value is -4.89. The zero-order valence-electron chi connectivity index (χ0n) is 25.0. The number of nitrogens with zero attached hydrogens (tertiary/aromatic N) is 1. The normalized spacial score (nSPS) is 13.5. The highest BCUT2D eigenvalue weighted by Gasteiger charge is 2.30. The van der Waals surface area contributed by atoms with Gasteiger partial charge in [0.2, 0.25) is 17.7 Å². The van der Waals surface area contributed by atoms with Gasteiger partial charge in [0.15, 0.2) is 5.96 Å². The van der Waals surface area contributed by atoms with E-state index < -0.39 is 47.9 Å². The second-order valence-electron chi connectivity index (χ2n) is 10.6. The van der Waals surface area contributed by atoms with Crippen LogP contribution in [0.5, 0.6) is 11.5 Å². The highest BCUT2D eigenvalue weighted by atomic mass is 16.4. The molecule has 246 valence electrons. The minimum absolute atomic E-state index is 0.00259. The predicted octanol–water partition coefficient (Wildman–Crippen LogP) is -1.07. The molecule has 2 aromatic rings. The van der Waals surface area contributed by atoms with Crippen LogP contribution in [-0.4, -0.2) is 82.2 Å². The number of phenols is 2. The highest BCUT2D eigenvalue weighted by molar-refractivity contribution is 5.94. The minimum atomic E-state index is -1.36. The first-order valence-corrected chi connectivity index (χ1v) is 14.6. The van der Waals surface area contributed by atoms with Crippen molar-refractivity contribution in [2.75, 3.05) is 13.1 Å². The second-order valence-corrected chi connectivity index (χ2v) is 10.6. The molecule has 0 heterocycles. The van der Waals surface area contributed by atoms with Gasteiger partial charge in [0, 0.05) is 19.4 Å². The lowest BCUT2D eigenvalue weighted by atomic mass is 10.0. The predicted molar refractivity (Wildman–Crippen MR) is 168 cm³/mol. The SMILES string of the molecule is NCCCCC(N)C(=O)NC(CCCN=C(N)N)C(=O)NC(Cc1ccc(O)cc1)C(=O)NC(Cc1ccc(O)cc1)C(=O)O. The largest absolute Gasteiger partial charge is 0.508 e. The van der Waals surface area contributed by atoms with Gasteiger partial charge in [0.25, 0.3) is 0 Å². The molecule has 0 saturated heterocycles. The summed E-state index contributed by atoms with van der Waals surface area (Å²) in [6.07, 6.45) is 1.92. The summed E-state index contributed by atoms with van der Waals surface area (Å²) in [5.74, 6) is -3.49. The molecular weight excluding hydrogens is 584 g/mol. The fourth-order valence-corrected chi connectivity index (χ4v) is 4.38. The molecule has 0 bridgehead atoms. The van der Waals surface area contributed by atoms with Crippen molar-refractivity contribution < 1.29 is 34.5 Å². The minimum Gasteiger partial charge on any atom is -0.508 e. The Morgan fingerprint density at radius 3 is 1.69 bits per heavy atom. The van der Waals surface area contributed by atoms with Gasteiger partial charge in [-0.15, -0.1) is 0 Å². The van der Waals surface area contributed by atoms with E-state index >= 15 is 0 Å². The number of hydrogen-bond donors (Lipinski definition) is 10. The van der Waals surface area contributed by atoms with E-state index in [0.717, 1.165) is 0 Å². The summed E-state index contributed by atoms with van der Waals surface area (Å²) < 4.78 is 0. The van der Waals surface area contributed by atoms with Crippen LogP contribution < -0.4 is 38.9 Å². The number of unbranched alkanes of at least 4 members (excludes halogenated alkanes) is 1. The van der Waals surface area contributed by atoms with Crippen molar-refractivity contribution in [2.45, 2.75) is 69.1 Å². The zero-order chi connectivity index (χ0) is 33.4. The molecule has 2 rings (SSSR count). The van der Waals surface area contributed by atoms with Gasteiger partial charge >= 0.3 is 5.97 Å². The van der Waals surface area contributed by atoms with E-state index in [-0.39, 0.29) is 43.3 Å². The highest BCUT2D eigenvalue weighted by Crippen LogP contribution is 2.14. The topological polar surface area (TPSA) is 282 Å². The first-order valence-electron chi connectivity index (χ1n) is 14.6. The number of hydrogen-bond acceptors (Lipinski definition) is 9. The summed E-state index contributed by atoms with van der Waals surface area (Å²) in [4.78, 5) is 55.9. The average molecular weight is 629 g/mol. The monoisotopic (exact) mass is 628 g/mol. The van der Waals surface area contributed by atoms with Crippen molar-refractivity contribution >= 4 is 29.7 Å². The second kappa shape index (κ2) is 18.7. The molecule has 0 aliphatic carbocycles. The third-order valence-corrected chi connectivity index (χ3v) is 6.88. The van der Waals surface area contributed by atoms with Gasteiger partial charge in [0.05, 0.1) is 6.04 Å². The molecule has 3 amide bonds. The van der Waals surface area contributed by atoms with Gasteiger partial charge < -0.3 is 54.2 Å². The summed E-state index contributed by atoms with van der Waals surface area (Å²) in [5.41, 5.74) is 23.4. The maximum atomic E-state index is 13.6. The molecule has 4 unspecified atom stereocenters. The first kappa shape index (κ1) is 36.3. The van der Waals surface area contributed by atoms with Crippen molar-refractivity contribution in [3.8, 4) is 11.5 Å². The maximum absolute atomic E-state index is 13.6. The van der Waals surface area contributed by atoms with Gasteiger partial charge in [-0.05, 0) is 67.6 Å². The van der Waals surface area contributed by atoms with Crippen LogP contribution >= 0.6 is 0 Å². The van der Waals surface area contributed by atoms with E-state index in [2.05, 4.69) is 20.9 Å². The summed E-state index contributed by atoms with van der Waals surface area (Å²) >= 11 is 0. The standard InChI is InChI=1S/C30H44N8O7/c31-14-2-1-4-22(32)26(41)36-23(5-3-15-35-30(33)34)27(42)37-24(16-18-6-10-20(39)11-7-18)28(43)38-25(29(44)45)17-19-8-12-21(40)13-9-19/h6-13,22-25,39-40H,1-5,14-17,31-32H2,(H,36,41)(H,37,42)(H,38,43)(H,44,45)(H4,33,34,35). The maximum Gasteiger partial charge on any atom is 0.326 e. The van der Waals surface area contributed by atoms with Gasteiger partial charge in [-0.2, -0.15) is 0 Å². The number of nitrogens with one attached hydrogen (secondary N) is 3. The van der Waals surface area contributed by atoms with Crippen LogP contribution in [0.15, 0.2) is 53.5 Å². The number of rotatable bonds is 19. The molecule has 0 spiro atoms. The lowest BCUT2D eigenvalue weighted by Crippen LogP contribution is -2.57. The molecule has 0 aromatic heterocycles. The van der Waals surface area contributed by atoms with Crippen LogP contribution in [0.4, 0.5) is 0 Å². The summed E-state index contributed by atoms with van der Waals surface area (Å²) in [7, 11) is 0. The number of nitrogens with two attached hydrogens (primary N) is 4. The molecule has 0 aliphatic heterocycles. The van der Waals surface area contributed by atoms with Gasteiger partial charge in [-0.1, -0.05) is 30.7 Å². The number of carbonyl (C=O) groups is 4. The number of carbonyl (C=O) groups excluding carboxylic acids is 3. The van der Waals surface area contributed by atoms with E-state index in [4.69, 9.17) is 22.9 Å². The van der Waals surface area contributed by atoms with Crippen LogP contribution in [0, 0.1) is 0 Å². The molecule has 15 heteroatoms. The van der Waals surface area contributed by atoms with Crippen LogP contribution in [0.3, 0.4) is 0 Å². The van der Waals surface area contributed by atoms with E-state index in [1.54, 1.807) is 12.1 Å². The quantitative estimate of drug-likeness (QED) is 0.0508. The van der Waals surface area contributed by atoms with Crippen LogP contribution in [0.25, 0.3) is 0 Å². The Morgan fingerprint density at radius 1 is 0.689 bits per heavy atom. The molecule has 0 radical (unpaired) electrons. The number of guanidine groups is 1. The fraction of sp³-hybridized carbons (Fsp3) is 0.433. The third kappa shape index (κ3) is 13.5. The van der Waals surface area contributed by atoms with Crippen molar-refractivity contribution in [2.24, 2.45) is 27.9 Å². The van der Waals surface area contributed by atoms with Gasteiger partial charge in [-0.25, -0.2) is 4.79 Å². The third-order valence-electron chi connectivity index (χ3n) is 6.88. The van der Waals surface area contributed by atoms with Gasteiger partial charge in [-0.3, -0.25) is 19.4 Å². The number of carboxylic acids is 1. The van der Waals surface area contributed by atoms with Gasteiger partial charge in [0.1, 0.15) is 29.6 Å². The number of aliphatic imine (C=N–C) groups is 1. The summed E-state index contributed by atoms with van der Waals surface area (Å²) in [5, 5.41) is 36.8. The number of aromatic hydroxyl groups is 2.